The Labute approximate surface area is 87.7 Å². The predicted molar refractivity (Wildman–Crippen MR) is 53.8 cm³/mol. The molecule has 0 spiro atoms. The maximum absolute atomic E-state index is 10.8. The van der Waals surface area contributed by atoms with Gasteiger partial charge in [0.05, 0.1) is 5.69 Å². The van der Waals surface area contributed by atoms with E-state index in [1.54, 1.807) is 6.07 Å². The highest BCUT2D eigenvalue weighted by Gasteiger charge is 2.07. The molecule has 0 atom stereocenters. The third kappa shape index (κ3) is 1.18. The second-order valence-corrected chi connectivity index (χ2v) is 3.41. The van der Waals surface area contributed by atoms with Crippen LogP contribution in [0.3, 0.4) is 0 Å². The van der Waals surface area contributed by atoms with Gasteiger partial charge < -0.3 is 4.57 Å². The van der Waals surface area contributed by atoms with Gasteiger partial charge in [-0.1, -0.05) is 0 Å². The monoisotopic (exact) mass is 241 g/mol. The van der Waals surface area contributed by atoms with Crippen molar-refractivity contribution in [3.05, 3.63) is 28.5 Å². The maximum atomic E-state index is 10.8. The minimum absolute atomic E-state index is 0.0920. The second kappa shape index (κ2) is 2.96. The molecule has 0 aliphatic rings. The lowest BCUT2D eigenvalue weighted by molar-refractivity contribution is 0.111. The number of aldehydes is 1. The number of aryl methyl sites for hydroxylation is 1. The molecular weight excluding hydrogens is 232 g/mol. The minimum atomic E-state index is -2.41. The molecule has 2 aromatic heterocycles. The molecule has 0 saturated carbocycles. The average Bonchev–Trinajstić information content (AvgIpc) is 2.57. The minimum Gasteiger partial charge on any atom is -0.326 e. The quantitative estimate of drug-likeness (QED) is 0.718. The topological polar surface area (TPSA) is 34.9 Å². The van der Waals surface area contributed by atoms with E-state index in [1.165, 1.54) is 12.3 Å². The molecule has 0 saturated heterocycles. The zero-order valence-electron chi connectivity index (χ0n) is 9.49. The second-order valence-electron chi connectivity index (χ2n) is 2.55. The molecule has 0 aliphatic heterocycles. The summed E-state index contributed by atoms with van der Waals surface area (Å²) in [6, 6.07) is 3.20. The van der Waals surface area contributed by atoms with E-state index in [0.717, 1.165) is 4.57 Å². The molecular formula is C9H7BrN2O. The standard InChI is InChI=1S/C9H7BrN2O/c1-12-6(5-13)4-7-8(10)2-3-11-9(7)12/h2-5H,1H3/i1D3. The number of rotatable bonds is 1. The summed E-state index contributed by atoms with van der Waals surface area (Å²) in [4.78, 5) is 14.8. The van der Waals surface area contributed by atoms with Crippen LogP contribution in [-0.4, -0.2) is 15.8 Å². The van der Waals surface area contributed by atoms with Crippen LogP contribution in [0.2, 0.25) is 0 Å². The van der Waals surface area contributed by atoms with Crippen molar-refractivity contribution in [1.82, 2.24) is 9.55 Å². The van der Waals surface area contributed by atoms with Crippen molar-refractivity contribution < 1.29 is 8.91 Å². The first-order chi connectivity index (χ1) is 7.45. The number of hydrogen-bond acceptors (Lipinski definition) is 2. The first-order valence-corrected chi connectivity index (χ1v) is 4.36. The summed E-state index contributed by atoms with van der Waals surface area (Å²) in [6.07, 6.45) is 2.00. The van der Waals surface area contributed by atoms with Gasteiger partial charge >= 0.3 is 0 Å². The van der Waals surface area contributed by atoms with Gasteiger partial charge in [0.2, 0.25) is 0 Å². The van der Waals surface area contributed by atoms with Gasteiger partial charge in [0.1, 0.15) is 5.65 Å². The lowest BCUT2D eigenvalue weighted by Crippen LogP contribution is -1.94. The van der Waals surface area contributed by atoms with Crippen molar-refractivity contribution in [1.29, 1.82) is 0 Å². The Morgan fingerprint density at radius 2 is 2.62 bits per heavy atom. The molecule has 0 fully saturated rings. The Bertz CT molecular complexity index is 562. The first-order valence-electron chi connectivity index (χ1n) is 5.07. The molecule has 13 heavy (non-hydrogen) atoms. The molecule has 0 aliphatic carbocycles. The average molecular weight is 242 g/mol. The van der Waals surface area contributed by atoms with E-state index in [-0.39, 0.29) is 11.3 Å². The van der Waals surface area contributed by atoms with Crippen molar-refractivity contribution in [2.24, 2.45) is 6.98 Å². The summed E-state index contributed by atoms with van der Waals surface area (Å²) in [7, 11) is 0. The fourth-order valence-electron chi connectivity index (χ4n) is 1.17. The summed E-state index contributed by atoms with van der Waals surface area (Å²) in [5.74, 6) is 0. The molecule has 0 bridgehead atoms. The van der Waals surface area contributed by atoms with Crippen molar-refractivity contribution >= 4 is 33.2 Å². The fourth-order valence-corrected chi connectivity index (χ4v) is 1.58. The number of carbonyl (C=O) groups excluding carboxylic acids is 1. The van der Waals surface area contributed by atoms with Crippen LogP contribution in [-0.2, 0) is 6.98 Å². The van der Waals surface area contributed by atoms with Crippen LogP contribution >= 0.6 is 15.9 Å². The molecule has 3 nitrogen and oxygen atoms in total. The van der Waals surface area contributed by atoms with Crippen LogP contribution in [0.5, 0.6) is 0 Å². The Morgan fingerprint density at radius 3 is 3.31 bits per heavy atom. The molecule has 0 amide bonds. The molecule has 4 heteroatoms. The SMILES string of the molecule is [2H]C([2H])([2H])n1c(C=O)cc2c(Br)ccnc21. The van der Waals surface area contributed by atoms with Gasteiger partial charge in [0.15, 0.2) is 6.29 Å². The normalized spacial score (nSPS) is 15.0. The van der Waals surface area contributed by atoms with Gasteiger partial charge in [-0.2, -0.15) is 0 Å². The Morgan fingerprint density at radius 1 is 1.77 bits per heavy atom. The molecule has 66 valence electrons. The van der Waals surface area contributed by atoms with Gasteiger partial charge in [-0.25, -0.2) is 4.98 Å². The molecule has 0 unspecified atom stereocenters. The summed E-state index contributed by atoms with van der Waals surface area (Å²) >= 11 is 3.29. The molecule has 0 radical (unpaired) electrons. The number of carbonyl (C=O) groups is 1. The zero-order valence-corrected chi connectivity index (χ0v) is 8.08. The molecule has 2 aromatic rings. The number of nitrogens with zero attached hydrogens (tertiary/aromatic N) is 2. The highest BCUT2D eigenvalue weighted by atomic mass is 79.9. The maximum Gasteiger partial charge on any atom is 0.166 e. The molecule has 0 N–H and O–H groups in total. The highest BCUT2D eigenvalue weighted by Crippen LogP contribution is 2.23. The van der Waals surface area contributed by atoms with Gasteiger partial charge in [0.25, 0.3) is 0 Å². The van der Waals surface area contributed by atoms with E-state index in [4.69, 9.17) is 4.11 Å². The van der Waals surface area contributed by atoms with Gasteiger partial charge in [-0.05, 0) is 28.1 Å². The van der Waals surface area contributed by atoms with Crippen molar-refractivity contribution in [2.75, 3.05) is 0 Å². The molecule has 0 aromatic carbocycles. The van der Waals surface area contributed by atoms with Crippen LogP contribution in [0.1, 0.15) is 14.6 Å². The van der Waals surface area contributed by atoms with Crippen LogP contribution in [0.15, 0.2) is 22.8 Å². The smallest absolute Gasteiger partial charge is 0.166 e. The largest absolute Gasteiger partial charge is 0.326 e. The molecule has 2 rings (SSSR count). The predicted octanol–water partition coefficient (Wildman–Crippen LogP) is 2.15. The lowest BCUT2D eigenvalue weighted by Gasteiger charge is -1.96. The first kappa shape index (κ1) is 5.54. The van der Waals surface area contributed by atoms with E-state index in [0.29, 0.717) is 16.1 Å². The lowest BCUT2D eigenvalue weighted by atomic mass is 10.3. The Hall–Kier alpha value is -1.16. The van der Waals surface area contributed by atoms with Crippen LogP contribution in [0.4, 0.5) is 0 Å². The zero-order chi connectivity index (χ0) is 11.9. The van der Waals surface area contributed by atoms with Crippen molar-refractivity contribution in [2.45, 2.75) is 0 Å². The third-order valence-corrected chi connectivity index (χ3v) is 2.49. The van der Waals surface area contributed by atoms with Gasteiger partial charge in [-0.15, -0.1) is 0 Å². The molecule has 2 heterocycles. The van der Waals surface area contributed by atoms with Gasteiger partial charge in [0, 0.05) is 27.1 Å². The summed E-state index contributed by atoms with van der Waals surface area (Å²) in [5, 5.41) is 0.612. The van der Waals surface area contributed by atoms with Crippen LogP contribution < -0.4 is 0 Å². The summed E-state index contributed by atoms with van der Waals surface area (Å²) in [6.45, 7) is -2.41. The Balaban J connectivity index is 2.90. The number of fused-ring (bicyclic) bond motifs is 1. The van der Waals surface area contributed by atoms with E-state index in [2.05, 4.69) is 20.9 Å². The summed E-state index contributed by atoms with van der Waals surface area (Å²) < 4.78 is 23.8. The van der Waals surface area contributed by atoms with Crippen molar-refractivity contribution in [3.8, 4) is 0 Å². The number of halogens is 1. The van der Waals surface area contributed by atoms with E-state index in [1.807, 2.05) is 0 Å². The van der Waals surface area contributed by atoms with E-state index >= 15 is 0 Å². The number of aromatic nitrogens is 2. The fraction of sp³-hybridized carbons (Fsp3) is 0.111. The van der Waals surface area contributed by atoms with Crippen molar-refractivity contribution in [3.63, 3.8) is 0 Å². The summed E-state index contributed by atoms with van der Waals surface area (Å²) in [5.41, 5.74) is 0.367. The third-order valence-electron chi connectivity index (χ3n) is 1.80. The number of pyridine rings is 1. The Kier molecular flexibility index (Phi) is 1.26. The van der Waals surface area contributed by atoms with Crippen LogP contribution in [0.25, 0.3) is 11.0 Å². The van der Waals surface area contributed by atoms with Crippen LogP contribution in [0, 0.1) is 0 Å². The number of hydrogen-bond donors (Lipinski definition) is 0. The highest BCUT2D eigenvalue weighted by molar-refractivity contribution is 9.10. The van der Waals surface area contributed by atoms with Gasteiger partial charge in [-0.3, -0.25) is 4.79 Å². The van der Waals surface area contributed by atoms with E-state index < -0.39 is 6.98 Å². The van der Waals surface area contributed by atoms with E-state index in [9.17, 15) is 4.79 Å².